The van der Waals surface area contributed by atoms with Crippen molar-refractivity contribution in [1.82, 2.24) is 9.88 Å². The van der Waals surface area contributed by atoms with E-state index in [0.29, 0.717) is 0 Å². The summed E-state index contributed by atoms with van der Waals surface area (Å²) in [6.45, 7) is 2.17. The second-order valence-electron chi connectivity index (χ2n) is 3.68. The molecule has 0 aliphatic carbocycles. The van der Waals surface area contributed by atoms with Crippen LogP contribution in [0.15, 0.2) is 24.4 Å². The maximum atomic E-state index is 11.1. The van der Waals surface area contributed by atoms with Gasteiger partial charge in [0.05, 0.1) is 24.8 Å². The van der Waals surface area contributed by atoms with Gasteiger partial charge in [-0.2, -0.15) is 0 Å². The van der Waals surface area contributed by atoms with E-state index in [0.717, 1.165) is 5.69 Å². The molecule has 0 amide bonds. The Bertz CT molecular complexity index is 389. The Morgan fingerprint density at radius 1 is 1.31 bits per heavy atom. The SMILES string of the molecule is CC(c1ccccn1)N1CC(=O)OC(=O)C1. The van der Waals surface area contributed by atoms with Gasteiger partial charge in [0, 0.05) is 6.20 Å². The molecule has 2 heterocycles. The van der Waals surface area contributed by atoms with Gasteiger partial charge in [-0.1, -0.05) is 6.07 Å². The molecule has 1 aliphatic heterocycles. The molecule has 1 aliphatic rings. The molecular weight excluding hydrogens is 208 g/mol. The number of nitrogens with zero attached hydrogens (tertiary/aromatic N) is 2. The van der Waals surface area contributed by atoms with Crippen LogP contribution in [0.3, 0.4) is 0 Å². The van der Waals surface area contributed by atoms with E-state index in [2.05, 4.69) is 9.72 Å². The van der Waals surface area contributed by atoms with Crippen molar-refractivity contribution in [2.75, 3.05) is 13.1 Å². The lowest BCUT2D eigenvalue weighted by atomic mass is 10.1. The molecule has 0 bridgehead atoms. The van der Waals surface area contributed by atoms with E-state index >= 15 is 0 Å². The van der Waals surface area contributed by atoms with Gasteiger partial charge in [-0.3, -0.25) is 19.5 Å². The van der Waals surface area contributed by atoms with Crippen LogP contribution >= 0.6 is 0 Å². The fourth-order valence-electron chi connectivity index (χ4n) is 1.66. The number of cyclic esters (lactones) is 2. The topological polar surface area (TPSA) is 59.5 Å². The van der Waals surface area contributed by atoms with Crippen molar-refractivity contribution in [2.24, 2.45) is 0 Å². The van der Waals surface area contributed by atoms with Crippen LogP contribution in [0.2, 0.25) is 0 Å². The molecule has 5 heteroatoms. The first-order chi connectivity index (χ1) is 7.66. The monoisotopic (exact) mass is 220 g/mol. The maximum Gasteiger partial charge on any atom is 0.327 e. The van der Waals surface area contributed by atoms with Crippen LogP contribution in [0.25, 0.3) is 0 Å². The molecule has 0 radical (unpaired) electrons. The summed E-state index contributed by atoms with van der Waals surface area (Å²) in [5, 5.41) is 0. The molecule has 0 saturated carbocycles. The Balaban J connectivity index is 2.13. The first-order valence-electron chi connectivity index (χ1n) is 5.05. The lowest BCUT2D eigenvalue weighted by Crippen LogP contribution is -2.44. The van der Waals surface area contributed by atoms with Gasteiger partial charge in [0.15, 0.2) is 0 Å². The Morgan fingerprint density at radius 2 is 2.00 bits per heavy atom. The number of morpholine rings is 1. The summed E-state index contributed by atoms with van der Waals surface area (Å²) in [4.78, 5) is 28.2. The number of rotatable bonds is 2. The summed E-state index contributed by atoms with van der Waals surface area (Å²) < 4.78 is 4.46. The van der Waals surface area contributed by atoms with Crippen molar-refractivity contribution in [3.05, 3.63) is 30.1 Å². The van der Waals surface area contributed by atoms with Gasteiger partial charge in [-0.15, -0.1) is 0 Å². The standard InChI is InChI=1S/C11H12N2O3/c1-8(9-4-2-3-5-12-9)13-6-10(14)16-11(15)7-13/h2-5,8H,6-7H2,1H3. The van der Waals surface area contributed by atoms with Crippen LogP contribution < -0.4 is 0 Å². The van der Waals surface area contributed by atoms with E-state index in [1.54, 1.807) is 11.1 Å². The molecule has 2 rings (SSSR count). The quantitative estimate of drug-likeness (QED) is 0.537. The summed E-state index contributed by atoms with van der Waals surface area (Å²) in [7, 11) is 0. The lowest BCUT2D eigenvalue weighted by Gasteiger charge is -2.29. The van der Waals surface area contributed by atoms with Crippen LogP contribution in [0.5, 0.6) is 0 Å². The minimum Gasteiger partial charge on any atom is -0.391 e. The third kappa shape index (κ3) is 2.25. The highest BCUT2D eigenvalue weighted by Crippen LogP contribution is 2.19. The summed E-state index contributed by atoms with van der Waals surface area (Å²) in [6.07, 6.45) is 1.69. The molecule has 84 valence electrons. The highest BCUT2D eigenvalue weighted by molar-refractivity contribution is 5.90. The maximum absolute atomic E-state index is 11.1. The summed E-state index contributed by atoms with van der Waals surface area (Å²) in [5.41, 5.74) is 0.838. The van der Waals surface area contributed by atoms with Crippen LogP contribution in [0, 0.1) is 0 Å². The number of carbonyl (C=O) groups excluding carboxylic acids is 2. The van der Waals surface area contributed by atoms with Gasteiger partial charge in [0.2, 0.25) is 0 Å². The molecule has 0 aromatic carbocycles. The zero-order chi connectivity index (χ0) is 11.5. The van der Waals surface area contributed by atoms with Gasteiger partial charge in [-0.25, -0.2) is 0 Å². The van der Waals surface area contributed by atoms with Gasteiger partial charge >= 0.3 is 11.9 Å². The third-order valence-electron chi connectivity index (χ3n) is 2.56. The van der Waals surface area contributed by atoms with Crippen LogP contribution in [0.4, 0.5) is 0 Å². The molecule has 1 aromatic rings. The molecule has 1 unspecified atom stereocenters. The Hall–Kier alpha value is -1.75. The van der Waals surface area contributed by atoms with Crippen molar-refractivity contribution >= 4 is 11.9 Å². The first-order valence-corrected chi connectivity index (χ1v) is 5.05. The number of esters is 2. The first kappa shape index (κ1) is 10.8. The number of hydrogen-bond acceptors (Lipinski definition) is 5. The number of pyridine rings is 1. The zero-order valence-electron chi connectivity index (χ0n) is 8.92. The minimum atomic E-state index is -0.501. The van der Waals surface area contributed by atoms with Crippen molar-refractivity contribution in [2.45, 2.75) is 13.0 Å². The number of aromatic nitrogens is 1. The van der Waals surface area contributed by atoms with E-state index < -0.39 is 11.9 Å². The van der Waals surface area contributed by atoms with Crippen LogP contribution in [0.1, 0.15) is 18.7 Å². The van der Waals surface area contributed by atoms with Crippen molar-refractivity contribution < 1.29 is 14.3 Å². The van der Waals surface area contributed by atoms with Crippen LogP contribution in [-0.2, 0) is 14.3 Å². The van der Waals surface area contributed by atoms with E-state index in [4.69, 9.17) is 0 Å². The number of carbonyl (C=O) groups is 2. The second kappa shape index (κ2) is 4.40. The normalized spacial score (nSPS) is 19.3. The highest BCUT2D eigenvalue weighted by Gasteiger charge is 2.29. The van der Waals surface area contributed by atoms with Crippen molar-refractivity contribution in [3.8, 4) is 0 Å². The second-order valence-corrected chi connectivity index (χ2v) is 3.68. The largest absolute Gasteiger partial charge is 0.391 e. The molecule has 1 fully saturated rings. The summed E-state index contributed by atoms with van der Waals surface area (Å²) >= 11 is 0. The fourth-order valence-corrected chi connectivity index (χ4v) is 1.66. The van der Waals surface area contributed by atoms with E-state index in [1.165, 1.54) is 0 Å². The smallest absolute Gasteiger partial charge is 0.327 e. The van der Waals surface area contributed by atoms with E-state index in [-0.39, 0.29) is 19.1 Å². The fraction of sp³-hybridized carbons (Fsp3) is 0.364. The van der Waals surface area contributed by atoms with Crippen molar-refractivity contribution in [3.63, 3.8) is 0 Å². The average molecular weight is 220 g/mol. The van der Waals surface area contributed by atoms with E-state index in [1.807, 2.05) is 25.1 Å². The molecule has 0 N–H and O–H groups in total. The third-order valence-corrected chi connectivity index (χ3v) is 2.56. The van der Waals surface area contributed by atoms with Gasteiger partial charge in [0.25, 0.3) is 0 Å². The van der Waals surface area contributed by atoms with Gasteiger partial charge in [-0.05, 0) is 19.1 Å². The highest BCUT2D eigenvalue weighted by atomic mass is 16.6. The van der Waals surface area contributed by atoms with E-state index in [9.17, 15) is 9.59 Å². The van der Waals surface area contributed by atoms with Crippen molar-refractivity contribution in [1.29, 1.82) is 0 Å². The minimum absolute atomic E-state index is 0.0713. The lowest BCUT2D eigenvalue weighted by molar-refractivity contribution is -0.167. The molecule has 5 nitrogen and oxygen atoms in total. The summed E-state index contributed by atoms with van der Waals surface area (Å²) in [6, 6.07) is 5.50. The molecule has 0 spiro atoms. The van der Waals surface area contributed by atoms with Crippen LogP contribution in [-0.4, -0.2) is 34.9 Å². The van der Waals surface area contributed by atoms with Gasteiger partial charge < -0.3 is 4.74 Å². The number of hydrogen-bond donors (Lipinski definition) is 0. The Morgan fingerprint density at radius 3 is 2.56 bits per heavy atom. The summed E-state index contributed by atoms with van der Waals surface area (Å²) in [5.74, 6) is -1.00. The predicted octanol–water partition coefficient (Wildman–Crippen LogP) is 0.528. The molecule has 16 heavy (non-hydrogen) atoms. The predicted molar refractivity (Wildman–Crippen MR) is 55.3 cm³/mol. The Kier molecular flexibility index (Phi) is 2.96. The molecule has 1 saturated heterocycles. The molecule has 1 atom stereocenters. The zero-order valence-corrected chi connectivity index (χ0v) is 8.92. The molecular formula is C11H12N2O3. The van der Waals surface area contributed by atoms with Gasteiger partial charge in [0.1, 0.15) is 0 Å². The number of ether oxygens (including phenoxy) is 1. The Labute approximate surface area is 93.0 Å². The molecule has 1 aromatic heterocycles. The average Bonchev–Trinajstić information content (AvgIpc) is 2.28.